The highest BCUT2D eigenvalue weighted by Crippen LogP contribution is 2.33. The average molecular weight is 235 g/mol. The predicted octanol–water partition coefficient (Wildman–Crippen LogP) is 4.47. The molecule has 0 fully saturated rings. The van der Waals surface area contributed by atoms with Gasteiger partial charge in [-0.05, 0) is 43.6 Å². The van der Waals surface area contributed by atoms with Crippen LogP contribution in [0.15, 0.2) is 6.08 Å². The normalized spacial score (nSPS) is 15.9. The Labute approximate surface area is 103 Å². The van der Waals surface area contributed by atoms with Crippen LogP contribution in [-0.4, -0.2) is 4.98 Å². The molecule has 2 rings (SSSR count). The average Bonchev–Trinajstić information content (AvgIpc) is 2.84. The van der Waals surface area contributed by atoms with Crippen LogP contribution in [0.1, 0.15) is 55.6 Å². The van der Waals surface area contributed by atoms with Crippen LogP contribution in [0.2, 0.25) is 0 Å². The van der Waals surface area contributed by atoms with E-state index in [1.54, 1.807) is 0 Å². The number of allylic oxidation sites excluding steroid dienone is 2. The van der Waals surface area contributed by atoms with Crippen molar-refractivity contribution in [3.05, 3.63) is 21.7 Å². The Hall–Kier alpha value is -0.630. The number of aromatic nitrogens is 1. The first-order valence-electron chi connectivity index (χ1n) is 6.38. The van der Waals surface area contributed by atoms with Gasteiger partial charge in [0.2, 0.25) is 0 Å². The first-order chi connectivity index (χ1) is 7.70. The number of hydrogen-bond acceptors (Lipinski definition) is 2. The van der Waals surface area contributed by atoms with Crippen LogP contribution < -0.4 is 0 Å². The number of nitrogens with zero attached hydrogens (tertiary/aromatic N) is 1. The summed E-state index contributed by atoms with van der Waals surface area (Å²) in [4.78, 5) is 6.33. The zero-order valence-corrected chi connectivity index (χ0v) is 11.4. The van der Waals surface area contributed by atoms with Crippen molar-refractivity contribution in [2.45, 2.75) is 52.9 Å². The molecule has 0 amide bonds. The van der Waals surface area contributed by atoms with Gasteiger partial charge < -0.3 is 0 Å². The molecule has 1 heterocycles. The molecule has 1 aromatic rings. The van der Waals surface area contributed by atoms with Crippen LogP contribution >= 0.6 is 11.3 Å². The summed E-state index contributed by atoms with van der Waals surface area (Å²) >= 11 is 1.92. The van der Waals surface area contributed by atoms with Crippen LogP contribution in [-0.2, 0) is 12.8 Å². The topological polar surface area (TPSA) is 12.9 Å². The first-order valence-corrected chi connectivity index (χ1v) is 7.20. The van der Waals surface area contributed by atoms with E-state index >= 15 is 0 Å². The lowest BCUT2D eigenvalue weighted by atomic mass is 10.0. The summed E-state index contributed by atoms with van der Waals surface area (Å²) in [5, 5.41) is 1.30. The van der Waals surface area contributed by atoms with E-state index in [1.165, 1.54) is 46.8 Å². The molecule has 0 aliphatic heterocycles. The summed E-state index contributed by atoms with van der Waals surface area (Å²) in [5.74, 6) is 0.728. The Morgan fingerprint density at radius 2 is 2.25 bits per heavy atom. The van der Waals surface area contributed by atoms with E-state index in [0.717, 1.165) is 12.3 Å². The Kier molecular flexibility index (Phi) is 3.80. The fraction of sp³-hybridized carbons (Fsp3) is 0.643. The zero-order chi connectivity index (χ0) is 11.5. The second-order valence-corrected chi connectivity index (χ2v) is 6.12. The Bertz CT molecular complexity index is 387. The third-order valence-electron chi connectivity index (χ3n) is 2.98. The van der Waals surface area contributed by atoms with Crippen molar-refractivity contribution in [1.29, 1.82) is 0 Å². The van der Waals surface area contributed by atoms with Gasteiger partial charge in [0.1, 0.15) is 0 Å². The fourth-order valence-electron chi connectivity index (χ4n) is 2.20. The van der Waals surface area contributed by atoms with E-state index in [1.807, 2.05) is 11.3 Å². The highest BCUT2D eigenvalue weighted by atomic mass is 32.1. The summed E-state index contributed by atoms with van der Waals surface area (Å²) in [7, 11) is 0. The van der Waals surface area contributed by atoms with Crippen molar-refractivity contribution in [3.8, 4) is 0 Å². The molecule has 2 heteroatoms. The number of rotatable bonds is 4. The molecule has 0 radical (unpaired) electrons. The third-order valence-corrected chi connectivity index (χ3v) is 4.20. The lowest BCUT2D eigenvalue weighted by molar-refractivity contribution is 0.652. The molecule has 0 N–H and O–H groups in total. The van der Waals surface area contributed by atoms with Crippen LogP contribution in [0.5, 0.6) is 0 Å². The molecule has 0 bridgehead atoms. The Morgan fingerprint density at radius 1 is 1.44 bits per heavy atom. The van der Waals surface area contributed by atoms with Gasteiger partial charge in [-0.25, -0.2) is 4.98 Å². The molecule has 0 atom stereocenters. The van der Waals surface area contributed by atoms with Gasteiger partial charge in [0, 0.05) is 4.88 Å². The maximum atomic E-state index is 4.81. The van der Waals surface area contributed by atoms with Gasteiger partial charge in [-0.1, -0.05) is 26.8 Å². The molecule has 1 aromatic heterocycles. The van der Waals surface area contributed by atoms with Crippen LogP contribution in [0, 0.1) is 5.92 Å². The molecular formula is C14H21NS. The van der Waals surface area contributed by atoms with Gasteiger partial charge in [0.25, 0.3) is 0 Å². The minimum atomic E-state index is 0.728. The standard InChI is InChI=1S/C14H21NS/c1-4-13-15-14(11-7-5-6-8-11)12(16-13)9-10(2)3/h7,10H,4-6,8-9H2,1-3H3. The molecule has 1 nitrogen and oxygen atoms in total. The maximum absolute atomic E-state index is 4.81. The quantitative estimate of drug-likeness (QED) is 0.750. The second-order valence-electron chi connectivity index (χ2n) is 4.95. The van der Waals surface area contributed by atoms with Crippen LogP contribution in [0.3, 0.4) is 0 Å². The molecule has 88 valence electrons. The third kappa shape index (κ3) is 2.54. The molecule has 1 aliphatic rings. The van der Waals surface area contributed by atoms with Gasteiger partial charge in [-0.15, -0.1) is 11.3 Å². The summed E-state index contributed by atoms with van der Waals surface area (Å²) in [6, 6.07) is 0. The largest absolute Gasteiger partial charge is 0.241 e. The van der Waals surface area contributed by atoms with E-state index < -0.39 is 0 Å². The van der Waals surface area contributed by atoms with E-state index in [-0.39, 0.29) is 0 Å². The van der Waals surface area contributed by atoms with Crippen molar-refractivity contribution in [3.63, 3.8) is 0 Å². The second kappa shape index (κ2) is 5.13. The highest BCUT2D eigenvalue weighted by Gasteiger charge is 2.17. The first kappa shape index (κ1) is 11.8. The van der Waals surface area contributed by atoms with E-state index in [9.17, 15) is 0 Å². The molecular weight excluding hydrogens is 214 g/mol. The minimum absolute atomic E-state index is 0.728. The van der Waals surface area contributed by atoms with Gasteiger partial charge in [0.05, 0.1) is 10.7 Å². The SMILES string of the molecule is CCc1nc(C2=CCCC2)c(CC(C)C)s1. The number of hydrogen-bond donors (Lipinski definition) is 0. The van der Waals surface area contributed by atoms with E-state index in [0.29, 0.717) is 0 Å². The monoisotopic (exact) mass is 235 g/mol. The van der Waals surface area contributed by atoms with Crippen LogP contribution in [0.25, 0.3) is 5.57 Å². The van der Waals surface area contributed by atoms with Crippen molar-refractivity contribution < 1.29 is 0 Å². The van der Waals surface area contributed by atoms with Crippen LogP contribution in [0.4, 0.5) is 0 Å². The summed E-state index contributed by atoms with van der Waals surface area (Å²) < 4.78 is 0. The van der Waals surface area contributed by atoms with Crippen molar-refractivity contribution in [2.24, 2.45) is 5.92 Å². The Balaban J connectivity index is 2.29. The van der Waals surface area contributed by atoms with Gasteiger partial charge in [0.15, 0.2) is 0 Å². The lowest BCUT2D eigenvalue weighted by Crippen LogP contribution is -1.95. The van der Waals surface area contributed by atoms with Crippen molar-refractivity contribution in [2.75, 3.05) is 0 Å². The van der Waals surface area contributed by atoms with Crippen molar-refractivity contribution >= 4 is 16.9 Å². The molecule has 0 aromatic carbocycles. The molecule has 16 heavy (non-hydrogen) atoms. The number of thiazole rings is 1. The summed E-state index contributed by atoms with van der Waals surface area (Å²) in [5.41, 5.74) is 2.83. The van der Waals surface area contributed by atoms with Gasteiger partial charge in [-0.3, -0.25) is 0 Å². The molecule has 0 spiro atoms. The maximum Gasteiger partial charge on any atom is 0.0932 e. The summed E-state index contributed by atoms with van der Waals surface area (Å²) in [6.45, 7) is 6.78. The highest BCUT2D eigenvalue weighted by molar-refractivity contribution is 7.11. The van der Waals surface area contributed by atoms with E-state index in [2.05, 4.69) is 26.8 Å². The van der Waals surface area contributed by atoms with Gasteiger partial charge in [-0.2, -0.15) is 0 Å². The lowest BCUT2D eigenvalue weighted by Gasteiger charge is -2.05. The molecule has 0 saturated carbocycles. The molecule has 0 saturated heterocycles. The Morgan fingerprint density at radius 3 is 2.81 bits per heavy atom. The van der Waals surface area contributed by atoms with Crippen molar-refractivity contribution in [1.82, 2.24) is 4.98 Å². The van der Waals surface area contributed by atoms with E-state index in [4.69, 9.17) is 4.98 Å². The number of aryl methyl sites for hydroxylation is 1. The predicted molar refractivity (Wildman–Crippen MR) is 71.9 cm³/mol. The smallest absolute Gasteiger partial charge is 0.0932 e. The molecule has 1 aliphatic carbocycles. The minimum Gasteiger partial charge on any atom is -0.241 e. The molecule has 0 unspecified atom stereocenters. The fourth-order valence-corrected chi connectivity index (χ4v) is 3.45. The van der Waals surface area contributed by atoms with Gasteiger partial charge >= 0.3 is 0 Å². The summed E-state index contributed by atoms with van der Waals surface area (Å²) in [6.07, 6.45) is 8.44. The zero-order valence-electron chi connectivity index (χ0n) is 10.5.